The Morgan fingerprint density at radius 1 is 0.774 bits per heavy atom. The summed E-state index contributed by atoms with van der Waals surface area (Å²) in [5.41, 5.74) is -2.11. The number of allylic oxidation sites excluding steroid dienone is 1. The van der Waals surface area contributed by atoms with Gasteiger partial charge >= 0.3 is 5.97 Å². The molecule has 6 heteroatoms. The predicted molar refractivity (Wildman–Crippen MR) is 126 cm³/mol. The number of Topliss-reactive ketones (excluding diaryl/α,β-unsaturated/α-hetero) is 1. The number of hydrogen-bond acceptors (Lipinski definition) is 4. The minimum atomic E-state index is -2.11. The molecule has 0 saturated heterocycles. The Kier molecular flexibility index (Phi) is 15.5. The van der Waals surface area contributed by atoms with Gasteiger partial charge in [-0.05, 0) is 18.9 Å². The molecule has 182 valence electrons. The number of carboxylic acid groups (broad SMARTS) is 1. The van der Waals surface area contributed by atoms with Crippen LogP contribution in [-0.4, -0.2) is 64.8 Å². The van der Waals surface area contributed by atoms with E-state index in [0.29, 0.717) is 6.42 Å². The molecule has 0 heterocycles. The Morgan fingerprint density at radius 3 is 1.58 bits per heavy atom. The van der Waals surface area contributed by atoms with Crippen molar-refractivity contribution in [1.29, 1.82) is 0 Å². The summed E-state index contributed by atoms with van der Waals surface area (Å²) < 4.78 is 0.210. The lowest BCUT2D eigenvalue weighted by Crippen LogP contribution is -2.55. The highest BCUT2D eigenvalue weighted by Crippen LogP contribution is 2.20. The molecular weight excluding hydrogens is 394 g/mol. The van der Waals surface area contributed by atoms with Gasteiger partial charge in [0.15, 0.2) is 11.4 Å². The van der Waals surface area contributed by atoms with Crippen molar-refractivity contribution in [3.8, 4) is 0 Å². The first-order valence-electron chi connectivity index (χ1n) is 12.2. The van der Waals surface area contributed by atoms with Crippen LogP contribution in [0.1, 0.15) is 103 Å². The summed E-state index contributed by atoms with van der Waals surface area (Å²) in [6.07, 6.45) is 17.5. The van der Waals surface area contributed by atoms with Crippen LogP contribution < -0.4 is 0 Å². The number of aliphatic hydroxyl groups is 2. The van der Waals surface area contributed by atoms with Gasteiger partial charge in [0.1, 0.15) is 6.54 Å². The SMILES string of the molecule is CCCCCCCCCCCCCCCC=C(O)C(=O)C(O)(CC(=O)O)C[N+](C)(C)C. The number of carbonyl (C=O) groups excluding carboxylic acids is 1. The van der Waals surface area contributed by atoms with Crippen LogP contribution in [0.5, 0.6) is 0 Å². The molecule has 0 aromatic heterocycles. The van der Waals surface area contributed by atoms with Crippen LogP contribution >= 0.6 is 0 Å². The van der Waals surface area contributed by atoms with Crippen LogP contribution in [0.15, 0.2) is 11.8 Å². The Balaban J connectivity index is 4.07. The van der Waals surface area contributed by atoms with Crippen LogP contribution in [0.2, 0.25) is 0 Å². The number of quaternary nitrogens is 1. The Hall–Kier alpha value is -1.40. The van der Waals surface area contributed by atoms with Crippen molar-refractivity contribution in [3.63, 3.8) is 0 Å². The molecule has 0 bridgehead atoms. The smallest absolute Gasteiger partial charge is 0.307 e. The normalized spacial score (nSPS) is 14.4. The molecule has 0 saturated carbocycles. The fourth-order valence-corrected chi connectivity index (χ4v) is 3.97. The Labute approximate surface area is 189 Å². The average molecular weight is 443 g/mol. The Bertz CT molecular complexity index is 539. The second kappa shape index (κ2) is 16.3. The molecule has 0 amide bonds. The lowest BCUT2D eigenvalue weighted by molar-refractivity contribution is -0.875. The third-order valence-electron chi connectivity index (χ3n) is 5.48. The van der Waals surface area contributed by atoms with E-state index in [1.165, 1.54) is 70.3 Å². The van der Waals surface area contributed by atoms with Crippen molar-refractivity contribution in [2.75, 3.05) is 27.7 Å². The van der Waals surface area contributed by atoms with Gasteiger partial charge in [0.05, 0.1) is 27.6 Å². The van der Waals surface area contributed by atoms with Gasteiger partial charge in [-0.15, -0.1) is 0 Å². The summed E-state index contributed by atoms with van der Waals surface area (Å²) >= 11 is 0. The van der Waals surface area contributed by atoms with E-state index in [0.717, 1.165) is 19.3 Å². The van der Waals surface area contributed by atoms with Gasteiger partial charge in [-0.1, -0.05) is 84.0 Å². The molecule has 3 N–H and O–H groups in total. The maximum atomic E-state index is 12.5. The standard InChI is InChI=1S/C25H47NO5/c1-5-6-7-8-9-10-11-12-13-14-15-16-17-18-19-22(27)24(30)25(31,20-23(28)29)21-26(2,3)4/h19,31H,5-18,20-21H2,1-4H3,(H-,27,28,29)/p+1. The second-order valence-corrected chi connectivity index (χ2v) is 10.0. The van der Waals surface area contributed by atoms with E-state index in [9.17, 15) is 19.8 Å². The van der Waals surface area contributed by atoms with E-state index in [1.54, 1.807) is 21.1 Å². The number of aliphatic hydroxyl groups excluding tert-OH is 1. The molecule has 0 aromatic rings. The summed E-state index contributed by atoms with van der Waals surface area (Å²) in [5, 5.41) is 29.8. The first-order valence-corrected chi connectivity index (χ1v) is 12.2. The van der Waals surface area contributed by atoms with Gasteiger partial charge in [0.25, 0.3) is 0 Å². The number of unbranched alkanes of at least 4 members (excludes halogenated alkanes) is 13. The topological polar surface area (TPSA) is 94.8 Å². The van der Waals surface area contributed by atoms with E-state index < -0.39 is 29.5 Å². The van der Waals surface area contributed by atoms with Crippen LogP contribution in [0.25, 0.3) is 0 Å². The number of nitrogens with zero attached hydrogens (tertiary/aromatic N) is 1. The van der Waals surface area contributed by atoms with Crippen LogP contribution in [-0.2, 0) is 9.59 Å². The molecule has 0 aliphatic heterocycles. The molecule has 0 rings (SSSR count). The number of carboxylic acids is 1. The zero-order valence-corrected chi connectivity index (χ0v) is 20.5. The van der Waals surface area contributed by atoms with Crippen molar-refractivity contribution in [2.24, 2.45) is 0 Å². The lowest BCUT2D eigenvalue weighted by Gasteiger charge is -2.33. The number of ketones is 1. The minimum absolute atomic E-state index is 0.0885. The predicted octanol–water partition coefficient (Wildman–Crippen LogP) is 5.39. The third-order valence-corrected chi connectivity index (χ3v) is 5.48. The molecule has 1 unspecified atom stereocenters. The van der Waals surface area contributed by atoms with Crippen LogP contribution in [0.4, 0.5) is 0 Å². The summed E-state index contributed by atoms with van der Waals surface area (Å²) in [6, 6.07) is 0. The molecule has 0 radical (unpaired) electrons. The highest BCUT2D eigenvalue weighted by Gasteiger charge is 2.44. The maximum absolute atomic E-state index is 12.5. The summed E-state index contributed by atoms with van der Waals surface area (Å²) in [7, 11) is 5.28. The first kappa shape index (κ1) is 29.6. The van der Waals surface area contributed by atoms with Crippen LogP contribution in [0, 0.1) is 0 Å². The summed E-state index contributed by atoms with van der Waals surface area (Å²) in [5.74, 6) is -2.71. The zero-order valence-electron chi connectivity index (χ0n) is 20.5. The van der Waals surface area contributed by atoms with Gasteiger partial charge in [0.2, 0.25) is 5.78 Å². The van der Waals surface area contributed by atoms with Crippen LogP contribution in [0.3, 0.4) is 0 Å². The zero-order chi connectivity index (χ0) is 23.8. The van der Waals surface area contributed by atoms with Crippen molar-refractivity contribution in [2.45, 2.75) is 109 Å². The van der Waals surface area contributed by atoms with Crippen molar-refractivity contribution >= 4 is 11.8 Å². The highest BCUT2D eigenvalue weighted by atomic mass is 16.4. The second-order valence-electron chi connectivity index (χ2n) is 10.0. The molecule has 0 aliphatic carbocycles. The van der Waals surface area contributed by atoms with Gasteiger partial charge in [-0.3, -0.25) is 9.59 Å². The molecule has 6 nitrogen and oxygen atoms in total. The number of aliphatic carboxylic acids is 1. The fraction of sp³-hybridized carbons (Fsp3) is 0.840. The maximum Gasteiger partial charge on any atom is 0.307 e. The number of likely N-dealkylation sites (N-methyl/N-ethyl adjacent to an activating group) is 1. The van der Waals surface area contributed by atoms with Crippen molar-refractivity contribution in [3.05, 3.63) is 11.8 Å². The molecular formula is C25H48NO5+. The van der Waals surface area contributed by atoms with E-state index in [2.05, 4.69) is 6.92 Å². The van der Waals surface area contributed by atoms with Gasteiger partial charge < -0.3 is 19.8 Å². The molecule has 31 heavy (non-hydrogen) atoms. The summed E-state index contributed by atoms with van der Waals surface area (Å²) in [6.45, 7) is 2.16. The first-order chi connectivity index (χ1) is 14.5. The lowest BCUT2D eigenvalue weighted by atomic mass is 9.91. The monoisotopic (exact) mass is 442 g/mol. The van der Waals surface area contributed by atoms with E-state index in [4.69, 9.17) is 5.11 Å². The molecule has 0 aliphatic rings. The van der Waals surface area contributed by atoms with E-state index in [-0.39, 0.29) is 11.0 Å². The number of hydrogen-bond donors (Lipinski definition) is 3. The molecule has 1 atom stereocenters. The van der Waals surface area contributed by atoms with Crippen molar-refractivity contribution in [1.82, 2.24) is 0 Å². The molecule has 0 aromatic carbocycles. The summed E-state index contributed by atoms with van der Waals surface area (Å²) in [4.78, 5) is 23.6. The van der Waals surface area contributed by atoms with Gasteiger partial charge in [-0.25, -0.2) is 0 Å². The largest absolute Gasteiger partial charge is 0.505 e. The number of carbonyl (C=O) groups is 2. The highest BCUT2D eigenvalue weighted by molar-refractivity contribution is 6.01. The average Bonchev–Trinajstić information content (AvgIpc) is 2.65. The van der Waals surface area contributed by atoms with Crippen molar-refractivity contribution < 1.29 is 29.4 Å². The number of rotatable bonds is 20. The van der Waals surface area contributed by atoms with E-state index >= 15 is 0 Å². The van der Waals surface area contributed by atoms with E-state index in [1.807, 2.05) is 0 Å². The molecule has 0 fully saturated rings. The Morgan fingerprint density at radius 2 is 1.19 bits per heavy atom. The van der Waals surface area contributed by atoms with Gasteiger partial charge in [0, 0.05) is 0 Å². The quantitative estimate of drug-likeness (QED) is 0.102. The fourth-order valence-electron chi connectivity index (χ4n) is 3.97. The van der Waals surface area contributed by atoms with Gasteiger partial charge in [-0.2, -0.15) is 0 Å². The minimum Gasteiger partial charge on any atom is -0.505 e. The molecule has 0 spiro atoms. The third kappa shape index (κ3) is 16.0.